The number of rotatable bonds is 2. The molecule has 1 aromatic carbocycles. The molecule has 3 rings (SSSR count). The van der Waals surface area contributed by atoms with Crippen molar-refractivity contribution in [3.63, 3.8) is 0 Å². The SMILES string of the molecule is Cc1c(C)c(NC2=NCCN2)c(C)c2c1C=CC2S(C)(=O)=O. The van der Waals surface area contributed by atoms with Crippen LogP contribution in [0.25, 0.3) is 6.08 Å². The zero-order valence-corrected chi connectivity index (χ0v) is 14.1. The summed E-state index contributed by atoms with van der Waals surface area (Å²) in [6.07, 6.45) is 5.02. The van der Waals surface area contributed by atoms with Crippen molar-refractivity contribution in [1.82, 2.24) is 5.32 Å². The molecule has 118 valence electrons. The standard InChI is InChI=1S/C16H21N3O2S/c1-9-10(2)15(19-16-17-7-8-18-16)11(3)14-12(9)5-6-13(14)22(4,20)21/h5-6,13H,7-8H2,1-4H3,(H2,17,18,19). The van der Waals surface area contributed by atoms with Crippen LogP contribution in [0.5, 0.6) is 0 Å². The highest BCUT2D eigenvalue weighted by Gasteiger charge is 2.31. The maximum absolute atomic E-state index is 12.1. The van der Waals surface area contributed by atoms with Gasteiger partial charge in [-0.05, 0) is 48.6 Å². The first-order valence-electron chi connectivity index (χ1n) is 7.36. The van der Waals surface area contributed by atoms with Gasteiger partial charge in [0.15, 0.2) is 15.8 Å². The lowest BCUT2D eigenvalue weighted by Gasteiger charge is -2.22. The minimum atomic E-state index is -3.17. The van der Waals surface area contributed by atoms with Crippen molar-refractivity contribution in [1.29, 1.82) is 0 Å². The summed E-state index contributed by atoms with van der Waals surface area (Å²) in [5, 5.41) is 5.97. The van der Waals surface area contributed by atoms with Crippen molar-refractivity contribution in [2.24, 2.45) is 4.99 Å². The van der Waals surface area contributed by atoms with Crippen molar-refractivity contribution in [3.05, 3.63) is 33.9 Å². The minimum Gasteiger partial charge on any atom is -0.354 e. The third kappa shape index (κ3) is 2.31. The van der Waals surface area contributed by atoms with E-state index in [1.807, 2.05) is 19.9 Å². The monoisotopic (exact) mass is 319 g/mol. The third-order valence-corrected chi connectivity index (χ3v) is 5.83. The van der Waals surface area contributed by atoms with Gasteiger partial charge in [0.05, 0.1) is 6.54 Å². The van der Waals surface area contributed by atoms with Gasteiger partial charge in [0.2, 0.25) is 0 Å². The van der Waals surface area contributed by atoms with Gasteiger partial charge in [-0.2, -0.15) is 0 Å². The average molecular weight is 319 g/mol. The molecular weight excluding hydrogens is 298 g/mol. The van der Waals surface area contributed by atoms with Gasteiger partial charge in [-0.1, -0.05) is 12.2 Å². The lowest BCUT2D eigenvalue weighted by Crippen LogP contribution is -2.27. The van der Waals surface area contributed by atoms with E-state index in [1.165, 1.54) is 6.26 Å². The first kappa shape index (κ1) is 15.1. The Labute approximate surface area is 131 Å². The van der Waals surface area contributed by atoms with Crippen molar-refractivity contribution >= 4 is 27.6 Å². The lowest BCUT2D eigenvalue weighted by molar-refractivity contribution is 0.596. The van der Waals surface area contributed by atoms with E-state index in [0.717, 1.165) is 52.6 Å². The van der Waals surface area contributed by atoms with E-state index in [1.54, 1.807) is 6.08 Å². The molecule has 1 unspecified atom stereocenters. The normalized spacial score (nSPS) is 19.8. The predicted molar refractivity (Wildman–Crippen MR) is 91.2 cm³/mol. The maximum atomic E-state index is 12.1. The van der Waals surface area contributed by atoms with E-state index in [9.17, 15) is 8.42 Å². The largest absolute Gasteiger partial charge is 0.354 e. The number of hydrogen-bond donors (Lipinski definition) is 2. The molecule has 0 spiro atoms. The van der Waals surface area contributed by atoms with Gasteiger partial charge in [-0.25, -0.2) is 8.42 Å². The summed E-state index contributed by atoms with van der Waals surface area (Å²) in [6.45, 7) is 7.67. The van der Waals surface area contributed by atoms with Crippen LogP contribution in [0.2, 0.25) is 0 Å². The molecule has 1 aliphatic carbocycles. The second-order valence-corrected chi connectivity index (χ2v) is 8.14. The molecule has 0 fully saturated rings. The van der Waals surface area contributed by atoms with Crippen molar-refractivity contribution in [3.8, 4) is 0 Å². The summed E-state index contributed by atoms with van der Waals surface area (Å²) in [5.41, 5.74) is 6.12. The van der Waals surface area contributed by atoms with E-state index < -0.39 is 15.1 Å². The van der Waals surface area contributed by atoms with Gasteiger partial charge in [0, 0.05) is 18.5 Å². The zero-order valence-electron chi connectivity index (χ0n) is 13.3. The Bertz CT molecular complexity index is 807. The molecule has 2 N–H and O–H groups in total. The van der Waals surface area contributed by atoms with E-state index in [2.05, 4.69) is 22.5 Å². The quantitative estimate of drug-likeness (QED) is 0.876. The number of hydrogen-bond acceptors (Lipinski definition) is 5. The fourth-order valence-electron chi connectivity index (χ4n) is 3.22. The number of aliphatic imine (C=N–C) groups is 1. The Kier molecular flexibility index (Phi) is 3.51. The number of nitrogens with zero attached hydrogens (tertiary/aromatic N) is 1. The minimum absolute atomic E-state index is 0.555. The van der Waals surface area contributed by atoms with Crippen LogP contribution in [0.3, 0.4) is 0 Å². The second kappa shape index (κ2) is 5.12. The Hall–Kier alpha value is -1.82. The van der Waals surface area contributed by atoms with Gasteiger partial charge in [0.25, 0.3) is 0 Å². The van der Waals surface area contributed by atoms with Gasteiger partial charge >= 0.3 is 0 Å². The molecule has 0 saturated carbocycles. The van der Waals surface area contributed by atoms with E-state index in [-0.39, 0.29) is 0 Å². The third-order valence-electron chi connectivity index (χ3n) is 4.51. The zero-order chi connectivity index (χ0) is 16.1. The van der Waals surface area contributed by atoms with Crippen LogP contribution in [-0.2, 0) is 9.84 Å². The maximum Gasteiger partial charge on any atom is 0.195 e. The molecule has 6 heteroatoms. The molecule has 1 atom stereocenters. The Morgan fingerprint density at radius 1 is 1.23 bits per heavy atom. The molecule has 0 bridgehead atoms. The fourth-order valence-corrected chi connectivity index (χ4v) is 4.31. The molecule has 0 aromatic heterocycles. The Morgan fingerprint density at radius 2 is 1.95 bits per heavy atom. The van der Waals surface area contributed by atoms with E-state index in [4.69, 9.17) is 0 Å². The van der Waals surface area contributed by atoms with Crippen LogP contribution < -0.4 is 10.6 Å². The Balaban J connectivity index is 2.16. The first-order valence-corrected chi connectivity index (χ1v) is 9.32. The average Bonchev–Trinajstić information content (AvgIpc) is 3.09. The molecule has 0 radical (unpaired) electrons. The van der Waals surface area contributed by atoms with Crippen LogP contribution in [0.1, 0.15) is 33.1 Å². The molecular formula is C16H21N3O2S. The van der Waals surface area contributed by atoms with E-state index in [0.29, 0.717) is 0 Å². The highest BCUT2D eigenvalue weighted by atomic mass is 32.2. The predicted octanol–water partition coefficient (Wildman–Crippen LogP) is 2.10. The molecule has 0 saturated heterocycles. The number of guanidine groups is 1. The molecule has 1 heterocycles. The van der Waals surface area contributed by atoms with Crippen LogP contribution in [0, 0.1) is 20.8 Å². The summed E-state index contributed by atoms with van der Waals surface area (Å²) in [7, 11) is -3.17. The lowest BCUT2D eigenvalue weighted by atomic mass is 9.92. The Morgan fingerprint density at radius 3 is 2.55 bits per heavy atom. The van der Waals surface area contributed by atoms with Crippen LogP contribution in [0.15, 0.2) is 11.1 Å². The smallest absolute Gasteiger partial charge is 0.195 e. The number of fused-ring (bicyclic) bond motifs is 1. The topological polar surface area (TPSA) is 70.6 Å². The molecule has 22 heavy (non-hydrogen) atoms. The van der Waals surface area contributed by atoms with Gasteiger partial charge in [-0.3, -0.25) is 4.99 Å². The van der Waals surface area contributed by atoms with Gasteiger partial charge in [0.1, 0.15) is 5.25 Å². The van der Waals surface area contributed by atoms with Crippen molar-refractivity contribution in [2.45, 2.75) is 26.0 Å². The summed E-state index contributed by atoms with van der Waals surface area (Å²) >= 11 is 0. The molecule has 1 aliphatic heterocycles. The summed E-state index contributed by atoms with van der Waals surface area (Å²) in [5.74, 6) is 0.757. The van der Waals surface area contributed by atoms with E-state index >= 15 is 0 Å². The highest BCUT2D eigenvalue weighted by Crippen LogP contribution is 2.42. The summed E-state index contributed by atoms with van der Waals surface area (Å²) in [4.78, 5) is 4.36. The highest BCUT2D eigenvalue weighted by molar-refractivity contribution is 7.91. The summed E-state index contributed by atoms with van der Waals surface area (Å²) < 4.78 is 24.2. The summed E-state index contributed by atoms with van der Waals surface area (Å²) in [6, 6.07) is 0. The number of anilines is 1. The van der Waals surface area contributed by atoms with Crippen molar-refractivity contribution < 1.29 is 8.42 Å². The van der Waals surface area contributed by atoms with Crippen molar-refractivity contribution in [2.75, 3.05) is 24.7 Å². The van der Waals surface area contributed by atoms with Gasteiger partial charge < -0.3 is 10.6 Å². The number of nitrogens with one attached hydrogen (secondary N) is 2. The van der Waals surface area contributed by atoms with Crippen LogP contribution in [-0.4, -0.2) is 33.7 Å². The second-order valence-electron chi connectivity index (χ2n) is 5.97. The van der Waals surface area contributed by atoms with Crippen LogP contribution in [0.4, 0.5) is 5.69 Å². The van der Waals surface area contributed by atoms with Gasteiger partial charge in [-0.15, -0.1) is 0 Å². The fraction of sp³-hybridized carbons (Fsp3) is 0.438. The molecule has 0 amide bonds. The molecule has 5 nitrogen and oxygen atoms in total. The molecule has 2 aliphatic rings. The number of benzene rings is 1. The molecule has 1 aromatic rings. The number of sulfone groups is 1. The first-order chi connectivity index (χ1) is 10.3. The van der Waals surface area contributed by atoms with Crippen LogP contribution >= 0.6 is 0 Å².